The highest BCUT2D eigenvalue weighted by atomic mass is 16.5. The van der Waals surface area contributed by atoms with E-state index < -0.39 is 0 Å². The van der Waals surface area contributed by atoms with E-state index in [1.54, 1.807) is 0 Å². The zero-order valence-corrected chi connectivity index (χ0v) is 13.0. The second-order valence-electron chi connectivity index (χ2n) is 5.02. The molecule has 21 heavy (non-hydrogen) atoms. The molecule has 1 unspecified atom stereocenters. The van der Waals surface area contributed by atoms with Gasteiger partial charge in [-0.25, -0.2) is 4.98 Å². The fourth-order valence-corrected chi connectivity index (χ4v) is 2.23. The van der Waals surface area contributed by atoms with Crippen molar-refractivity contribution in [2.45, 2.75) is 33.2 Å². The Bertz CT molecular complexity index is 538. The molecule has 114 valence electrons. The minimum absolute atomic E-state index is 0.154. The Morgan fingerprint density at radius 2 is 2.24 bits per heavy atom. The fourth-order valence-electron chi connectivity index (χ4n) is 2.23. The maximum absolute atomic E-state index is 5.35. The Balaban J connectivity index is 2.02. The van der Waals surface area contributed by atoms with Crippen molar-refractivity contribution in [3.05, 3.63) is 42.0 Å². The molecule has 0 aliphatic rings. The van der Waals surface area contributed by atoms with Gasteiger partial charge in [-0.1, -0.05) is 6.07 Å². The molecule has 0 radical (unpaired) electrons. The number of ether oxygens (including phenoxy) is 1. The molecule has 2 rings (SSSR count). The molecule has 5 nitrogen and oxygen atoms in total. The zero-order valence-electron chi connectivity index (χ0n) is 13.0. The van der Waals surface area contributed by atoms with Gasteiger partial charge >= 0.3 is 0 Å². The van der Waals surface area contributed by atoms with E-state index in [1.165, 1.54) is 0 Å². The molecule has 2 aromatic heterocycles. The summed E-state index contributed by atoms with van der Waals surface area (Å²) in [5.74, 6) is 0.891. The van der Waals surface area contributed by atoms with Gasteiger partial charge in [-0.15, -0.1) is 0 Å². The Kier molecular flexibility index (Phi) is 5.75. The number of anilines is 1. The highest BCUT2D eigenvalue weighted by Crippen LogP contribution is 2.21. The first kappa shape index (κ1) is 15.5. The van der Waals surface area contributed by atoms with Crippen molar-refractivity contribution in [3.8, 4) is 0 Å². The van der Waals surface area contributed by atoms with Gasteiger partial charge in [0.2, 0.25) is 5.95 Å². The molecule has 2 aromatic rings. The molecule has 0 bridgehead atoms. The monoisotopic (exact) mass is 288 g/mol. The van der Waals surface area contributed by atoms with Gasteiger partial charge in [0.05, 0.1) is 17.4 Å². The van der Waals surface area contributed by atoms with Crippen molar-refractivity contribution in [2.24, 2.45) is 0 Å². The number of rotatable bonds is 8. The maximum Gasteiger partial charge on any atom is 0.203 e. The van der Waals surface area contributed by atoms with E-state index in [2.05, 4.69) is 33.0 Å². The first-order valence-electron chi connectivity index (χ1n) is 7.50. The van der Waals surface area contributed by atoms with Crippen molar-refractivity contribution in [2.75, 3.05) is 25.1 Å². The second kappa shape index (κ2) is 7.78. The molecule has 0 spiro atoms. The number of pyridine rings is 1. The lowest BCUT2D eigenvalue weighted by atomic mass is 10.2. The van der Waals surface area contributed by atoms with Crippen LogP contribution in [-0.4, -0.2) is 34.3 Å². The summed E-state index contributed by atoms with van der Waals surface area (Å²) in [6.07, 6.45) is 4.85. The molecular formula is C16H24N4O. The number of nitrogens with one attached hydrogen (secondary N) is 1. The summed E-state index contributed by atoms with van der Waals surface area (Å²) in [4.78, 5) is 8.99. The van der Waals surface area contributed by atoms with E-state index in [-0.39, 0.29) is 6.04 Å². The number of aryl methyl sites for hydroxylation is 1. The van der Waals surface area contributed by atoms with E-state index in [1.807, 2.05) is 38.2 Å². The fraction of sp³-hybridized carbons (Fsp3) is 0.500. The van der Waals surface area contributed by atoms with Crippen molar-refractivity contribution < 1.29 is 4.74 Å². The van der Waals surface area contributed by atoms with E-state index >= 15 is 0 Å². The summed E-state index contributed by atoms with van der Waals surface area (Å²) in [5.41, 5.74) is 2.04. The van der Waals surface area contributed by atoms with E-state index in [9.17, 15) is 0 Å². The van der Waals surface area contributed by atoms with Crippen molar-refractivity contribution in [1.29, 1.82) is 0 Å². The number of hydrogen-bond acceptors (Lipinski definition) is 4. The third-order valence-electron chi connectivity index (χ3n) is 3.34. The van der Waals surface area contributed by atoms with Gasteiger partial charge in [0.1, 0.15) is 0 Å². The smallest absolute Gasteiger partial charge is 0.203 e. The largest absolute Gasteiger partial charge is 0.382 e. The number of imidazole rings is 1. The molecule has 0 aliphatic heterocycles. The topological polar surface area (TPSA) is 52.0 Å². The molecule has 0 fully saturated rings. The summed E-state index contributed by atoms with van der Waals surface area (Å²) < 4.78 is 7.48. The third kappa shape index (κ3) is 4.29. The predicted molar refractivity (Wildman–Crippen MR) is 84.6 cm³/mol. The van der Waals surface area contributed by atoms with Gasteiger partial charge < -0.3 is 14.6 Å². The molecule has 0 aromatic carbocycles. The average Bonchev–Trinajstić information content (AvgIpc) is 2.88. The number of aromatic nitrogens is 3. The molecule has 1 atom stereocenters. The molecule has 0 saturated carbocycles. The molecule has 0 saturated heterocycles. The summed E-state index contributed by atoms with van der Waals surface area (Å²) in [5, 5.41) is 3.39. The Morgan fingerprint density at radius 3 is 2.95 bits per heavy atom. The van der Waals surface area contributed by atoms with E-state index in [0.29, 0.717) is 0 Å². The Labute approximate surface area is 126 Å². The first-order chi connectivity index (χ1) is 10.2. The lowest BCUT2D eigenvalue weighted by molar-refractivity contribution is 0.147. The summed E-state index contributed by atoms with van der Waals surface area (Å²) in [7, 11) is 0. The van der Waals surface area contributed by atoms with Crippen LogP contribution in [-0.2, 0) is 4.74 Å². The van der Waals surface area contributed by atoms with Crippen LogP contribution in [0.1, 0.15) is 37.7 Å². The predicted octanol–water partition coefficient (Wildman–Crippen LogP) is 3.03. The van der Waals surface area contributed by atoms with E-state index in [0.717, 1.165) is 43.5 Å². The highest BCUT2D eigenvalue weighted by molar-refractivity contribution is 5.31. The minimum atomic E-state index is 0.154. The maximum atomic E-state index is 5.35. The standard InChI is InChI=1S/C16H24N4O/c1-4-21-11-7-10-18-16-19-13(2)12-20(16)14(3)15-8-5-6-9-17-15/h5-6,8-9,12,14H,4,7,10-11H2,1-3H3,(H,18,19). The van der Waals surface area contributed by atoms with E-state index in [4.69, 9.17) is 4.74 Å². The van der Waals surface area contributed by atoms with Crippen molar-refractivity contribution in [3.63, 3.8) is 0 Å². The van der Waals surface area contributed by atoms with Gasteiger partial charge in [0, 0.05) is 32.2 Å². The quantitative estimate of drug-likeness (QED) is 0.759. The molecular weight excluding hydrogens is 264 g/mol. The van der Waals surface area contributed by atoms with Crippen LogP contribution in [0.25, 0.3) is 0 Å². The number of hydrogen-bond donors (Lipinski definition) is 1. The minimum Gasteiger partial charge on any atom is -0.382 e. The molecule has 5 heteroatoms. The highest BCUT2D eigenvalue weighted by Gasteiger charge is 2.14. The van der Waals surface area contributed by atoms with Crippen LogP contribution in [0.4, 0.5) is 5.95 Å². The average molecular weight is 288 g/mol. The normalized spacial score (nSPS) is 12.3. The molecule has 2 heterocycles. The van der Waals surface area contributed by atoms with Crippen LogP contribution >= 0.6 is 0 Å². The third-order valence-corrected chi connectivity index (χ3v) is 3.34. The Morgan fingerprint density at radius 1 is 1.38 bits per heavy atom. The molecule has 1 N–H and O–H groups in total. The van der Waals surface area contributed by atoms with Crippen LogP contribution in [0.3, 0.4) is 0 Å². The van der Waals surface area contributed by atoms with Crippen LogP contribution in [0.5, 0.6) is 0 Å². The van der Waals surface area contributed by atoms with Gasteiger partial charge in [0.25, 0.3) is 0 Å². The Hall–Kier alpha value is -1.88. The lowest BCUT2D eigenvalue weighted by Gasteiger charge is -2.16. The van der Waals surface area contributed by atoms with Crippen molar-refractivity contribution in [1.82, 2.24) is 14.5 Å². The van der Waals surface area contributed by atoms with Crippen molar-refractivity contribution >= 4 is 5.95 Å². The number of nitrogens with zero attached hydrogens (tertiary/aromatic N) is 3. The van der Waals surface area contributed by atoms with Crippen LogP contribution < -0.4 is 5.32 Å². The van der Waals surface area contributed by atoms with Crippen LogP contribution in [0.2, 0.25) is 0 Å². The van der Waals surface area contributed by atoms with Gasteiger partial charge in [0.15, 0.2) is 0 Å². The second-order valence-corrected chi connectivity index (χ2v) is 5.02. The van der Waals surface area contributed by atoms with Gasteiger partial charge in [-0.05, 0) is 39.3 Å². The summed E-state index contributed by atoms with van der Waals surface area (Å²) >= 11 is 0. The first-order valence-corrected chi connectivity index (χ1v) is 7.50. The lowest BCUT2D eigenvalue weighted by Crippen LogP contribution is -2.14. The zero-order chi connectivity index (χ0) is 15.1. The van der Waals surface area contributed by atoms with Gasteiger partial charge in [-0.2, -0.15) is 0 Å². The van der Waals surface area contributed by atoms with Crippen LogP contribution in [0.15, 0.2) is 30.6 Å². The SMILES string of the molecule is CCOCCCNc1nc(C)cn1C(C)c1ccccn1. The molecule has 0 amide bonds. The summed E-state index contributed by atoms with van der Waals surface area (Å²) in [6, 6.07) is 6.14. The van der Waals surface area contributed by atoms with Crippen LogP contribution in [0, 0.1) is 6.92 Å². The summed E-state index contributed by atoms with van der Waals surface area (Å²) in [6.45, 7) is 8.55. The molecule has 0 aliphatic carbocycles. The van der Waals surface area contributed by atoms with Gasteiger partial charge in [-0.3, -0.25) is 4.98 Å².